The highest BCUT2D eigenvalue weighted by atomic mass is 16.1. The van der Waals surface area contributed by atoms with Gasteiger partial charge in [0.1, 0.15) is 0 Å². The fourth-order valence-electron chi connectivity index (χ4n) is 2.97. The van der Waals surface area contributed by atoms with Crippen molar-refractivity contribution in [3.05, 3.63) is 35.9 Å². The van der Waals surface area contributed by atoms with E-state index in [0.29, 0.717) is 11.8 Å². The number of hydrogen-bond acceptors (Lipinski definition) is 1. The molecule has 124 valence electrons. The maximum atomic E-state index is 12.2. The van der Waals surface area contributed by atoms with Crippen LogP contribution in [0.5, 0.6) is 0 Å². The quantitative estimate of drug-likeness (QED) is 0.819. The standard InChI is InChI=1S/C17H25NO.C3H8/c1-13-7-6-10-16(11-13)17(19)18-12-14(2)15-8-4-3-5-9-15;1-3-2/h3-5,8-9,13-14,16H,6-7,10-12H2,1-2H3,(H,18,19);3H2,1-2H3. The lowest BCUT2D eigenvalue weighted by molar-refractivity contribution is -0.126. The lowest BCUT2D eigenvalue weighted by Crippen LogP contribution is -2.35. The van der Waals surface area contributed by atoms with Crippen molar-refractivity contribution in [2.75, 3.05) is 6.54 Å². The average Bonchev–Trinajstić information content (AvgIpc) is 2.54. The van der Waals surface area contributed by atoms with Crippen molar-refractivity contribution in [2.24, 2.45) is 11.8 Å². The van der Waals surface area contributed by atoms with Crippen molar-refractivity contribution < 1.29 is 4.79 Å². The van der Waals surface area contributed by atoms with Gasteiger partial charge in [-0.15, -0.1) is 0 Å². The summed E-state index contributed by atoms with van der Waals surface area (Å²) in [4.78, 5) is 12.2. The van der Waals surface area contributed by atoms with E-state index in [0.717, 1.165) is 19.4 Å². The van der Waals surface area contributed by atoms with Crippen molar-refractivity contribution >= 4 is 5.91 Å². The van der Waals surface area contributed by atoms with Crippen LogP contribution in [-0.2, 0) is 4.79 Å². The summed E-state index contributed by atoms with van der Waals surface area (Å²) >= 11 is 0. The van der Waals surface area contributed by atoms with Gasteiger partial charge in [-0.3, -0.25) is 4.79 Å². The molecule has 2 rings (SSSR count). The molecular weight excluding hydrogens is 270 g/mol. The maximum absolute atomic E-state index is 12.2. The zero-order valence-electron chi connectivity index (χ0n) is 14.8. The Morgan fingerprint density at radius 2 is 1.86 bits per heavy atom. The van der Waals surface area contributed by atoms with E-state index < -0.39 is 0 Å². The Balaban J connectivity index is 0.000000745. The van der Waals surface area contributed by atoms with Gasteiger partial charge in [0.25, 0.3) is 0 Å². The summed E-state index contributed by atoms with van der Waals surface area (Å²) in [5.41, 5.74) is 1.29. The van der Waals surface area contributed by atoms with Crippen molar-refractivity contribution in [3.8, 4) is 0 Å². The minimum Gasteiger partial charge on any atom is -0.355 e. The van der Waals surface area contributed by atoms with E-state index >= 15 is 0 Å². The van der Waals surface area contributed by atoms with Crippen molar-refractivity contribution in [2.45, 2.75) is 65.7 Å². The molecule has 1 saturated carbocycles. The van der Waals surface area contributed by atoms with E-state index in [1.54, 1.807) is 0 Å². The number of amides is 1. The molecule has 1 aliphatic rings. The molecule has 0 radical (unpaired) electrons. The molecule has 0 saturated heterocycles. The van der Waals surface area contributed by atoms with Crippen LogP contribution in [-0.4, -0.2) is 12.5 Å². The van der Waals surface area contributed by atoms with Gasteiger partial charge in [0.05, 0.1) is 0 Å². The monoisotopic (exact) mass is 303 g/mol. The molecular formula is C20H33NO. The van der Waals surface area contributed by atoms with Crippen LogP contribution >= 0.6 is 0 Å². The van der Waals surface area contributed by atoms with E-state index in [9.17, 15) is 4.79 Å². The molecule has 3 atom stereocenters. The third-order valence-electron chi connectivity index (χ3n) is 4.26. The Bertz CT molecular complexity index is 415. The van der Waals surface area contributed by atoms with E-state index in [2.05, 4.69) is 57.3 Å². The predicted octanol–water partition coefficient (Wildman–Crippen LogP) is 5.15. The van der Waals surface area contributed by atoms with Gasteiger partial charge in [0, 0.05) is 12.5 Å². The van der Waals surface area contributed by atoms with Gasteiger partial charge < -0.3 is 5.32 Å². The molecule has 0 spiro atoms. The zero-order valence-corrected chi connectivity index (χ0v) is 14.8. The molecule has 0 bridgehead atoms. The molecule has 0 aliphatic heterocycles. The van der Waals surface area contributed by atoms with Gasteiger partial charge in [0.15, 0.2) is 0 Å². The van der Waals surface area contributed by atoms with Gasteiger partial charge in [-0.2, -0.15) is 0 Å². The lowest BCUT2D eigenvalue weighted by Gasteiger charge is -2.26. The first kappa shape index (κ1) is 18.7. The van der Waals surface area contributed by atoms with Crippen LogP contribution in [0.4, 0.5) is 0 Å². The molecule has 1 fully saturated rings. The highest BCUT2D eigenvalue weighted by Gasteiger charge is 2.24. The number of rotatable bonds is 4. The summed E-state index contributed by atoms with van der Waals surface area (Å²) in [5.74, 6) is 1.59. The third-order valence-corrected chi connectivity index (χ3v) is 4.26. The smallest absolute Gasteiger partial charge is 0.223 e. The normalized spacial score (nSPS) is 22.2. The molecule has 2 heteroatoms. The second-order valence-electron chi connectivity index (χ2n) is 6.73. The van der Waals surface area contributed by atoms with Gasteiger partial charge in [0.2, 0.25) is 5.91 Å². The van der Waals surface area contributed by atoms with Crippen LogP contribution in [0.25, 0.3) is 0 Å². The molecule has 1 N–H and O–H groups in total. The second kappa shape index (κ2) is 10.4. The van der Waals surface area contributed by atoms with E-state index in [1.165, 1.54) is 24.8 Å². The molecule has 1 amide bonds. The Morgan fingerprint density at radius 3 is 2.45 bits per heavy atom. The summed E-state index contributed by atoms with van der Waals surface area (Å²) < 4.78 is 0. The Kier molecular flexibility index (Phi) is 8.88. The first-order valence-electron chi connectivity index (χ1n) is 8.91. The van der Waals surface area contributed by atoms with Gasteiger partial charge in [-0.05, 0) is 30.2 Å². The highest BCUT2D eigenvalue weighted by molar-refractivity contribution is 5.78. The molecule has 1 aromatic rings. The van der Waals surface area contributed by atoms with E-state index in [4.69, 9.17) is 0 Å². The van der Waals surface area contributed by atoms with Crippen molar-refractivity contribution in [1.82, 2.24) is 5.32 Å². The molecule has 3 unspecified atom stereocenters. The first-order chi connectivity index (χ1) is 10.6. The fraction of sp³-hybridized carbons (Fsp3) is 0.650. The summed E-state index contributed by atoms with van der Waals surface area (Å²) in [5, 5.41) is 3.13. The summed E-state index contributed by atoms with van der Waals surface area (Å²) in [6, 6.07) is 10.4. The third kappa shape index (κ3) is 6.64. The minimum absolute atomic E-state index is 0.242. The Labute approximate surface area is 136 Å². The molecule has 1 aromatic carbocycles. The van der Waals surface area contributed by atoms with Crippen molar-refractivity contribution in [3.63, 3.8) is 0 Å². The van der Waals surface area contributed by atoms with E-state index in [1.807, 2.05) is 6.07 Å². The predicted molar refractivity (Wildman–Crippen MR) is 95.0 cm³/mol. The SMILES string of the molecule is CC1CCCC(C(=O)NCC(C)c2ccccc2)C1.CCC. The van der Waals surface area contributed by atoms with Gasteiger partial charge in [-0.1, -0.05) is 77.3 Å². The Hall–Kier alpha value is -1.31. The van der Waals surface area contributed by atoms with Crippen LogP contribution in [0.2, 0.25) is 0 Å². The van der Waals surface area contributed by atoms with Gasteiger partial charge >= 0.3 is 0 Å². The molecule has 1 aliphatic carbocycles. The van der Waals surface area contributed by atoms with Crippen molar-refractivity contribution in [1.29, 1.82) is 0 Å². The number of hydrogen-bond donors (Lipinski definition) is 1. The molecule has 22 heavy (non-hydrogen) atoms. The summed E-state index contributed by atoms with van der Waals surface area (Å²) in [6.07, 6.45) is 5.86. The van der Waals surface area contributed by atoms with E-state index in [-0.39, 0.29) is 11.8 Å². The minimum atomic E-state index is 0.242. The zero-order chi connectivity index (χ0) is 16.4. The molecule has 0 heterocycles. The highest BCUT2D eigenvalue weighted by Crippen LogP contribution is 2.28. The maximum Gasteiger partial charge on any atom is 0.223 e. The topological polar surface area (TPSA) is 29.1 Å². The number of carbonyl (C=O) groups is 1. The second-order valence-corrected chi connectivity index (χ2v) is 6.73. The average molecular weight is 303 g/mol. The molecule has 2 nitrogen and oxygen atoms in total. The van der Waals surface area contributed by atoms with Crippen LogP contribution < -0.4 is 5.32 Å². The number of nitrogens with one attached hydrogen (secondary N) is 1. The number of carbonyl (C=O) groups excluding carboxylic acids is 1. The largest absolute Gasteiger partial charge is 0.355 e. The first-order valence-corrected chi connectivity index (χ1v) is 8.91. The molecule has 0 aromatic heterocycles. The van der Waals surface area contributed by atoms with Crippen LogP contribution in [0.3, 0.4) is 0 Å². The lowest BCUT2D eigenvalue weighted by atomic mass is 9.82. The summed E-state index contributed by atoms with van der Waals surface area (Å²) in [7, 11) is 0. The Morgan fingerprint density at radius 1 is 1.23 bits per heavy atom. The summed E-state index contributed by atoms with van der Waals surface area (Å²) in [6.45, 7) is 9.42. The van der Waals surface area contributed by atoms with Crippen LogP contribution in [0.1, 0.15) is 71.3 Å². The fourth-order valence-corrected chi connectivity index (χ4v) is 2.97. The van der Waals surface area contributed by atoms with Crippen LogP contribution in [0.15, 0.2) is 30.3 Å². The number of benzene rings is 1. The van der Waals surface area contributed by atoms with Gasteiger partial charge in [-0.25, -0.2) is 0 Å². The van der Waals surface area contributed by atoms with Crippen LogP contribution in [0, 0.1) is 11.8 Å².